The van der Waals surface area contributed by atoms with E-state index in [1.807, 2.05) is 0 Å². The van der Waals surface area contributed by atoms with Gasteiger partial charge in [-0.1, -0.05) is 11.6 Å². The Bertz CT molecular complexity index is 468. The molecule has 3 N–H and O–H groups in total. The minimum absolute atomic E-state index is 0.106. The largest absolute Gasteiger partial charge is 0.464 e. The molecule has 1 amide bonds. The Morgan fingerprint density at radius 3 is 2.78 bits per heavy atom. The molecule has 0 aromatic heterocycles. The third-order valence-electron chi connectivity index (χ3n) is 2.01. The van der Waals surface area contributed by atoms with Gasteiger partial charge in [0.1, 0.15) is 5.82 Å². The van der Waals surface area contributed by atoms with Crippen molar-refractivity contribution in [1.82, 2.24) is 0 Å². The summed E-state index contributed by atoms with van der Waals surface area (Å²) in [6.07, 6.45) is 0. The molecule has 0 saturated carbocycles. The van der Waals surface area contributed by atoms with Crippen LogP contribution in [0.2, 0.25) is 5.02 Å². The van der Waals surface area contributed by atoms with Crippen LogP contribution in [0, 0.1) is 5.82 Å². The van der Waals surface area contributed by atoms with Crippen molar-refractivity contribution in [3.8, 4) is 0 Å². The van der Waals surface area contributed by atoms with Gasteiger partial charge in [-0.3, -0.25) is 4.79 Å². The molecular weight excluding hydrogens is 263 g/mol. The lowest BCUT2D eigenvalue weighted by Crippen LogP contribution is -2.43. The normalized spacial score (nSPS) is 11.8. The molecule has 0 saturated heterocycles. The molecule has 0 spiro atoms. The number of carbonyl (C=O) groups is 2. The lowest BCUT2D eigenvalue weighted by molar-refractivity contribution is -0.146. The van der Waals surface area contributed by atoms with Gasteiger partial charge in [-0.15, -0.1) is 0 Å². The van der Waals surface area contributed by atoms with E-state index in [0.29, 0.717) is 0 Å². The summed E-state index contributed by atoms with van der Waals surface area (Å²) in [7, 11) is 0. The van der Waals surface area contributed by atoms with Crippen molar-refractivity contribution in [3.05, 3.63) is 29.0 Å². The highest BCUT2D eigenvalue weighted by atomic mass is 35.5. The molecule has 7 heteroatoms. The lowest BCUT2D eigenvalue weighted by atomic mass is 10.2. The highest BCUT2D eigenvalue weighted by Crippen LogP contribution is 2.18. The Morgan fingerprint density at radius 1 is 1.56 bits per heavy atom. The summed E-state index contributed by atoms with van der Waals surface area (Å²) in [6.45, 7) is 1.69. The Kier molecular flexibility index (Phi) is 5.06. The molecule has 0 heterocycles. The number of anilines is 1. The summed E-state index contributed by atoms with van der Waals surface area (Å²) in [5, 5.41) is 2.37. The third-order valence-corrected chi connectivity index (χ3v) is 2.25. The predicted octanol–water partition coefficient (Wildman–Crippen LogP) is 1.31. The molecule has 0 aliphatic heterocycles. The second-order valence-corrected chi connectivity index (χ2v) is 3.78. The quantitative estimate of drug-likeness (QED) is 0.641. The first kappa shape index (κ1) is 14.4. The summed E-state index contributed by atoms with van der Waals surface area (Å²) in [6, 6.07) is 2.21. The van der Waals surface area contributed by atoms with Crippen LogP contribution >= 0.6 is 11.6 Å². The van der Waals surface area contributed by atoms with Gasteiger partial charge in [0.05, 0.1) is 12.3 Å². The van der Waals surface area contributed by atoms with Crippen molar-refractivity contribution in [2.75, 3.05) is 11.9 Å². The number of hydrogen-bond acceptors (Lipinski definition) is 4. The fraction of sp³-hybridized carbons (Fsp3) is 0.273. The number of rotatable bonds is 4. The van der Waals surface area contributed by atoms with Gasteiger partial charge in [0.15, 0.2) is 6.04 Å². The maximum atomic E-state index is 13.4. The number of nitrogens with one attached hydrogen (secondary N) is 1. The molecule has 1 unspecified atom stereocenters. The Balaban J connectivity index is 2.72. The minimum Gasteiger partial charge on any atom is -0.464 e. The van der Waals surface area contributed by atoms with Gasteiger partial charge in [0.2, 0.25) is 0 Å². The Morgan fingerprint density at radius 2 is 2.22 bits per heavy atom. The number of ether oxygens (including phenoxy) is 1. The van der Waals surface area contributed by atoms with E-state index in [-0.39, 0.29) is 17.3 Å². The van der Waals surface area contributed by atoms with Crippen molar-refractivity contribution in [2.45, 2.75) is 13.0 Å². The summed E-state index contributed by atoms with van der Waals surface area (Å²) < 4.78 is 17.9. The van der Waals surface area contributed by atoms with E-state index in [0.717, 1.165) is 6.07 Å². The van der Waals surface area contributed by atoms with Crippen LogP contribution in [0.25, 0.3) is 0 Å². The molecule has 18 heavy (non-hydrogen) atoms. The fourth-order valence-corrected chi connectivity index (χ4v) is 1.30. The standard InChI is InChI=1S/C11H12ClFN2O3/c1-2-18-11(17)9(14)10(16)15-8-4-3-6(12)5-7(8)13/h3-5,9H,2,14H2,1H3,(H,15,16). The van der Waals surface area contributed by atoms with Crippen molar-refractivity contribution in [1.29, 1.82) is 0 Å². The molecule has 0 radical (unpaired) electrons. The second-order valence-electron chi connectivity index (χ2n) is 3.34. The first-order chi connectivity index (χ1) is 8.45. The zero-order valence-corrected chi connectivity index (χ0v) is 10.3. The maximum absolute atomic E-state index is 13.4. The number of esters is 1. The summed E-state index contributed by atoms with van der Waals surface area (Å²) in [4.78, 5) is 22.7. The van der Waals surface area contributed by atoms with Gasteiger partial charge in [0.25, 0.3) is 5.91 Å². The summed E-state index contributed by atoms with van der Waals surface area (Å²) in [5.74, 6) is -2.44. The van der Waals surface area contributed by atoms with Crippen LogP contribution in [0.3, 0.4) is 0 Å². The van der Waals surface area contributed by atoms with E-state index < -0.39 is 23.7 Å². The van der Waals surface area contributed by atoms with E-state index in [1.165, 1.54) is 12.1 Å². The van der Waals surface area contributed by atoms with Gasteiger partial charge in [0, 0.05) is 5.02 Å². The van der Waals surface area contributed by atoms with Crippen LogP contribution in [0.15, 0.2) is 18.2 Å². The molecule has 0 bridgehead atoms. The monoisotopic (exact) mass is 274 g/mol. The van der Waals surface area contributed by atoms with E-state index >= 15 is 0 Å². The van der Waals surface area contributed by atoms with Crippen LogP contribution in [-0.4, -0.2) is 24.5 Å². The number of nitrogens with two attached hydrogens (primary N) is 1. The molecule has 1 rings (SSSR count). The molecule has 0 aliphatic rings. The van der Waals surface area contributed by atoms with Gasteiger partial charge in [-0.2, -0.15) is 0 Å². The zero-order valence-electron chi connectivity index (χ0n) is 9.57. The van der Waals surface area contributed by atoms with Crippen LogP contribution in [-0.2, 0) is 14.3 Å². The van der Waals surface area contributed by atoms with Crippen molar-refractivity contribution < 1.29 is 18.7 Å². The van der Waals surface area contributed by atoms with Crippen LogP contribution in [0.5, 0.6) is 0 Å². The fourth-order valence-electron chi connectivity index (χ4n) is 1.14. The second kappa shape index (κ2) is 6.32. The first-order valence-electron chi connectivity index (χ1n) is 5.13. The lowest BCUT2D eigenvalue weighted by Gasteiger charge is -2.11. The highest BCUT2D eigenvalue weighted by Gasteiger charge is 2.24. The van der Waals surface area contributed by atoms with E-state index in [2.05, 4.69) is 10.1 Å². The number of benzene rings is 1. The van der Waals surface area contributed by atoms with Crippen molar-refractivity contribution >= 4 is 29.2 Å². The number of amides is 1. The predicted molar refractivity (Wildman–Crippen MR) is 64.6 cm³/mol. The van der Waals surface area contributed by atoms with Gasteiger partial charge in [-0.25, -0.2) is 9.18 Å². The molecule has 0 aliphatic carbocycles. The smallest absolute Gasteiger partial charge is 0.332 e. The Labute approximate surface area is 108 Å². The molecule has 1 aromatic carbocycles. The van der Waals surface area contributed by atoms with Gasteiger partial charge in [-0.05, 0) is 25.1 Å². The van der Waals surface area contributed by atoms with Crippen molar-refractivity contribution in [3.63, 3.8) is 0 Å². The van der Waals surface area contributed by atoms with E-state index in [1.54, 1.807) is 6.92 Å². The van der Waals surface area contributed by atoms with Crippen LogP contribution in [0.4, 0.5) is 10.1 Å². The first-order valence-corrected chi connectivity index (χ1v) is 5.51. The Hall–Kier alpha value is -1.66. The summed E-state index contributed by atoms with van der Waals surface area (Å²) in [5.41, 5.74) is 5.23. The zero-order chi connectivity index (χ0) is 13.7. The summed E-state index contributed by atoms with van der Waals surface area (Å²) >= 11 is 5.56. The number of halogens is 2. The topological polar surface area (TPSA) is 81.4 Å². The number of carbonyl (C=O) groups excluding carboxylic acids is 2. The van der Waals surface area contributed by atoms with Gasteiger partial charge >= 0.3 is 5.97 Å². The van der Waals surface area contributed by atoms with Crippen LogP contribution in [0.1, 0.15) is 6.92 Å². The molecular formula is C11H12ClFN2O3. The molecule has 5 nitrogen and oxygen atoms in total. The molecule has 1 aromatic rings. The average molecular weight is 275 g/mol. The van der Waals surface area contributed by atoms with E-state index in [4.69, 9.17) is 17.3 Å². The van der Waals surface area contributed by atoms with Crippen molar-refractivity contribution in [2.24, 2.45) is 5.73 Å². The van der Waals surface area contributed by atoms with E-state index in [9.17, 15) is 14.0 Å². The number of hydrogen-bond donors (Lipinski definition) is 2. The molecule has 1 atom stereocenters. The van der Waals surface area contributed by atoms with Crippen LogP contribution < -0.4 is 11.1 Å². The highest BCUT2D eigenvalue weighted by molar-refractivity contribution is 6.30. The average Bonchev–Trinajstić information content (AvgIpc) is 2.32. The third kappa shape index (κ3) is 3.68. The molecule has 98 valence electrons. The SMILES string of the molecule is CCOC(=O)C(N)C(=O)Nc1ccc(Cl)cc1F. The maximum Gasteiger partial charge on any atom is 0.332 e. The minimum atomic E-state index is -1.50. The van der Waals surface area contributed by atoms with Gasteiger partial charge < -0.3 is 15.8 Å². The molecule has 0 fully saturated rings.